The Hall–Kier alpha value is -0.870. The Morgan fingerprint density at radius 3 is 2.19 bits per heavy atom. The molecule has 0 saturated heterocycles. The second-order valence-corrected chi connectivity index (χ2v) is 7.69. The van der Waals surface area contributed by atoms with E-state index in [0.717, 1.165) is 24.0 Å². The van der Waals surface area contributed by atoms with Crippen LogP contribution < -0.4 is 0 Å². The summed E-state index contributed by atoms with van der Waals surface area (Å²) in [6.45, 7) is 15.7. The quantitative estimate of drug-likeness (QED) is 0.325. The maximum atomic E-state index is 12.2. The number of ether oxygens (including phenoxy) is 2. The van der Waals surface area contributed by atoms with Crippen LogP contribution in [0.25, 0.3) is 0 Å². The molecule has 0 aromatic heterocycles. The van der Waals surface area contributed by atoms with Crippen LogP contribution in [-0.2, 0) is 9.47 Å². The maximum absolute atomic E-state index is 12.2. The lowest BCUT2D eigenvalue weighted by molar-refractivity contribution is -0.501. The Labute approximate surface area is 129 Å². The van der Waals surface area contributed by atoms with E-state index in [0.29, 0.717) is 0 Å². The van der Waals surface area contributed by atoms with Crippen LogP contribution >= 0.6 is 0 Å². The first-order valence-corrected chi connectivity index (χ1v) is 7.80. The summed E-state index contributed by atoms with van der Waals surface area (Å²) in [5.74, 6) is 0. The molecule has 21 heavy (non-hydrogen) atoms. The van der Waals surface area contributed by atoms with Crippen LogP contribution in [0.5, 0.6) is 0 Å². The van der Waals surface area contributed by atoms with Crippen molar-refractivity contribution >= 4 is 6.21 Å². The number of hydroxylamine groups is 1. The molecule has 122 valence electrons. The van der Waals surface area contributed by atoms with Crippen molar-refractivity contribution in [3.8, 4) is 0 Å². The van der Waals surface area contributed by atoms with Crippen LogP contribution in [0.15, 0.2) is 12.7 Å². The van der Waals surface area contributed by atoms with Gasteiger partial charge in [-0.25, -0.2) is 4.74 Å². The Balaban J connectivity index is 2.85. The molecule has 0 aromatic carbocycles. The number of allylic oxidation sites excluding steroid dienone is 1. The highest BCUT2D eigenvalue weighted by atomic mass is 16.6. The molecule has 1 heterocycles. The van der Waals surface area contributed by atoms with E-state index in [4.69, 9.17) is 9.47 Å². The Kier molecular flexibility index (Phi) is 6.00. The fourth-order valence-corrected chi connectivity index (χ4v) is 2.53. The molecule has 0 spiro atoms. The minimum Gasteiger partial charge on any atom is -0.624 e. The Morgan fingerprint density at radius 2 is 1.71 bits per heavy atom. The van der Waals surface area contributed by atoms with Gasteiger partial charge in [-0.1, -0.05) is 6.08 Å². The molecule has 4 heteroatoms. The lowest BCUT2D eigenvalue weighted by Crippen LogP contribution is -2.45. The maximum Gasteiger partial charge on any atom is 0.192 e. The minimum atomic E-state index is -0.308. The summed E-state index contributed by atoms with van der Waals surface area (Å²) in [4.78, 5) is 0. The van der Waals surface area contributed by atoms with Gasteiger partial charge in [0.05, 0.1) is 11.2 Å². The summed E-state index contributed by atoms with van der Waals surface area (Å²) in [6.07, 6.45) is 5.62. The fourth-order valence-electron chi connectivity index (χ4n) is 2.53. The lowest BCUT2D eigenvalue weighted by Gasteiger charge is -2.32. The van der Waals surface area contributed by atoms with Crippen molar-refractivity contribution in [2.45, 2.75) is 90.3 Å². The van der Waals surface area contributed by atoms with Gasteiger partial charge >= 0.3 is 0 Å². The highest BCUT2D eigenvalue weighted by Gasteiger charge is 2.46. The predicted octanol–water partition coefficient (Wildman–Crippen LogP) is 3.67. The SMILES string of the molecule is C=CCCC[C@H]1[C@H](OC(C)(C)C)[C@@H](OC(C)(C)C)C=[N+]1[O-]. The van der Waals surface area contributed by atoms with E-state index in [-0.39, 0.29) is 29.5 Å². The number of nitrogens with zero attached hydrogens (tertiary/aromatic N) is 1. The summed E-state index contributed by atoms with van der Waals surface area (Å²) in [5.41, 5.74) is -0.614. The first kappa shape index (κ1) is 18.2. The molecule has 0 saturated carbocycles. The molecular formula is C17H31NO3. The first-order chi connectivity index (χ1) is 9.53. The summed E-state index contributed by atoms with van der Waals surface area (Å²) in [6, 6.07) is -0.184. The lowest BCUT2D eigenvalue weighted by atomic mass is 10.0. The van der Waals surface area contributed by atoms with Crippen LogP contribution in [0.1, 0.15) is 60.8 Å². The van der Waals surface area contributed by atoms with Crippen molar-refractivity contribution in [2.24, 2.45) is 0 Å². The molecule has 1 aliphatic heterocycles. The van der Waals surface area contributed by atoms with Crippen molar-refractivity contribution < 1.29 is 14.2 Å². The second kappa shape index (κ2) is 6.93. The van der Waals surface area contributed by atoms with E-state index in [1.54, 1.807) is 6.21 Å². The molecule has 0 aliphatic carbocycles. The molecular weight excluding hydrogens is 266 g/mol. The van der Waals surface area contributed by atoms with Gasteiger partial charge < -0.3 is 14.7 Å². The average molecular weight is 297 g/mol. The Bertz CT molecular complexity index is 376. The van der Waals surface area contributed by atoms with Gasteiger partial charge in [0, 0.05) is 6.42 Å². The predicted molar refractivity (Wildman–Crippen MR) is 86.8 cm³/mol. The summed E-state index contributed by atoms with van der Waals surface area (Å²) >= 11 is 0. The largest absolute Gasteiger partial charge is 0.624 e. The summed E-state index contributed by atoms with van der Waals surface area (Å²) < 4.78 is 13.2. The number of rotatable bonds is 6. The zero-order chi connectivity index (χ0) is 16.3. The standard InChI is InChI=1S/C17H31NO3/c1-8-9-10-11-13-15(21-17(5,6)7)14(12-18(13)19)20-16(2,3)4/h8,12-15H,1,9-11H2,2-7H3/t13-,14-,15-/m0/s1. The highest BCUT2D eigenvalue weighted by molar-refractivity contribution is 5.61. The zero-order valence-corrected chi connectivity index (χ0v) is 14.4. The van der Waals surface area contributed by atoms with Crippen LogP contribution in [0.3, 0.4) is 0 Å². The second-order valence-electron chi connectivity index (χ2n) is 7.69. The molecule has 0 fully saturated rings. The van der Waals surface area contributed by atoms with Crippen molar-refractivity contribution in [3.05, 3.63) is 17.9 Å². The van der Waals surface area contributed by atoms with Crippen molar-refractivity contribution in [1.82, 2.24) is 0 Å². The van der Waals surface area contributed by atoms with E-state index in [9.17, 15) is 5.21 Å². The molecule has 1 rings (SSSR count). The van der Waals surface area contributed by atoms with E-state index >= 15 is 0 Å². The Morgan fingerprint density at radius 1 is 1.14 bits per heavy atom. The number of hydrogen-bond acceptors (Lipinski definition) is 3. The van der Waals surface area contributed by atoms with Gasteiger partial charge in [-0.15, -0.1) is 6.58 Å². The minimum absolute atomic E-state index is 0.184. The van der Waals surface area contributed by atoms with E-state index < -0.39 is 0 Å². The summed E-state index contributed by atoms with van der Waals surface area (Å²) in [5, 5.41) is 12.2. The van der Waals surface area contributed by atoms with E-state index in [1.807, 2.05) is 47.6 Å². The van der Waals surface area contributed by atoms with Crippen molar-refractivity contribution in [2.75, 3.05) is 0 Å². The molecule has 0 bridgehead atoms. The summed E-state index contributed by atoms with van der Waals surface area (Å²) in [7, 11) is 0. The molecule has 3 atom stereocenters. The van der Waals surface area contributed by atoms with Crippen LogP contribution in [0.4, 0.5) is 0 Å². The topological polar surface area (TPSA) is 44.5 Å². The number of unbranched alkanes of at least 4 members (excludes halogenated alkanes) is 1. The third-order valence-corrected chi connectivity index (χ3v) is 3.21. The molecule has 0 unspecified atom stereocenters. The monoisotopic (exact) mass is 297 g/mol. The van der Waals surface area contributed by atoms with Crippen molar-refractivity contribution in [1.29, 1.82) is 0 Å². The van der Waals surface area contributed by atoms with Crippen LogP contribution in [0.2, 0.25) is 0 Å². The third kappa shape index (κ3) is 6.18. The van der Waals surface area contributed by atoms with Gasteiger partial charge in [-0.2, -0.15) is 0 Å². The zero-order valence-electron chi connectivity index (χ0n) is 14.4. The number of hydrogen-bond donors (Lipinski definition) is 0. The van der Waals surface area contributed by atoms with Gasteiger partial charge in [-0.3, -0.25) is 0 Å². The van der Waals surface area contributed by atoms with Gasteiger partial charge in [0.2, 0.25) is 0 Å². The highest BCUT2D eigenvalue weighted by Crippen LogP contribution is 2.28. The smallest absolute Gasteiger partial charge is 0.192 e. The van der Waals surface area contributed by atoms with E-state index in [1.165, 1.54) is 0 Å². The molecule has 0 N–H and O–H groups in total. The van der Waals surface area contributed by atoms with Gasteiger partial charge in [0.1, 0.15) is 0 Å². The fraction of sp³-hybridized carbons (Fsp3) is 0.824. The average Bonchev–Trinajstić information content (AvgIpc) is 2.52. The molecule has 4 nitrogen and oxygen atoms in total. The normalized spacial score (nSPS) is 26.8. The molecule has 1 aliphatic rings. The van der Waals surface area contributed by atoms with E-state index in [2.05, 4.69) is 6.58 Å². The van der Waals surface area contributed by atoms with Crippen molar-refractivity contribution in [3.63, 3.8) is 0 Å². The van der Waals surface area contributed by atoms with Crippen LogP contribution in [0, 0.1) is 5.21 Å². The van der Waals surface area contributed by atoms with Crippen LogP contribution in [-0.4, -0.2) is 40.4 Å². The third-order valence-electron chi connectivity index (χ3n) is 3.21. The molecule has 0 amide bonds. The van der Waals surface area contributed by atoms with Gasteiger partial charge in [-0.05, 0) is 54.4 Å². The first-order valence-electron chi connectivity index (χ1n) is 7.80. The molecule has 0 radical (unpaired) electrons. The van der Waals surface area contributed by atoms with Gasteiger partial charge in [0.25, 0.3) is 0 Å². The van der Waals surface area contributed by atoms with Gasteiger partial charge in [0.15, 0.2) is 24.5 Å². The molecule has 0 aromatic rings.